The average molecular weight is 266 g/mol. The van der Waals surface area contributed by atoms with Crippen molar-refractivity contribution in [2.75, 3.05) is 13.2 Å². The van der Waals surface area contributed by atoms with E-state index in [0.29, 0.717) is 13.0 Å². The van der Waals surface area contributed by atoms with Crippen molar-refractivity contribution in [2.45, 2.75) is 51.0 Å². The van der Waals surface area contributed by atoms with Crippen LogP contribution in [0.4, 0.5) is 0 Å². The highest BCUT2D eigenvalue weighted by molar-refractivity contribution is 5.75. The number of carbonyl (C=O) groups is 1. The Labute approximate surface area is 113 Å². The Balaban J connectivity index is 1.49. The maximum atomic E-state index is 11.6. The van der Waals surface area contributed by atoms with Gasteiger partial charge in [0.2, 0.25) is 5.91 Å². The first-order valence-corrected chi connectivity index (χ1v) is 7.07. The third kappa shape index (κ3) is 5.38. The predicted molar refractivity (Wildman–Crippen MR) is 70.5 cm³/mol. The molecule has 0 saturated carbocycles. The molecule has 1 aromatic rings. The molecule has 1 fully saturated rings. The van der Waals surface area contributed by atoms with E-state index in [-0.39, 0.29) is 12.0 Å². The summed E-state index contributed by atoms with van der Waals surface area (Å²) in [6.45, 7) is 1.54. The zero-order chi connectivity index (χ0) is 13.3. The molecule has 2 heterocycles. The molecule has 0 bridgehead atoms. The van der Waals surface area contributed by atoms with Gasteiger partial charge in [0.05, 0.1) is 6.10 Å². The quantitative estimate of drug-likeness (QED) is 0.727. The van der Waals surface area contributed by atoms with E-state index in [1.54, 1.807) is 0 Å². The van der Waals surface area contributed by atoms with Gasteiger partial charge in [-0.05, 0) is 32.1 Å². The van der Waals surface area contributed by atoms with Crippen LogP contribution < -0.4 is 5.32 Å². The third-order valence-electron chi connectivity index (χ3n) is 3.34. The Kier molecular flexibility index (Phi) is 5.81. The van der Waals surface area contributed by atoms with Crippen LogP contribution >= 0.6 is 0 Å². The van der Waals surface area contributed by atoms with Crippen molar-refractivity contribution in [1.82, 2.24) is 20.5 Å². The molecule has 2 N–H and O–H groups in total. The Morgan fingerprint density at radius 1 is 1.53 bits per heavy atom. The molecule has 1 amide bonds. The van der Waals surface area contributed by atoms with Gasteiger partial charge in [-0.2, -0.15) is 5.10 Å². The van der Waals surface area contributed by atoms with E-state index in [1.165, 1.54) is 12.7 Å². The maximum absolute atomic E-state index is 11.6. The second-order valence-corrected chi connectivity index (χ2v) is 4.91. The van der Waals surface area contributed by atoms with Crippen LogP contribution in [0.5, 0.6) is 0 Å². The summed E-state index contributed by atoms with van der Waals surface area (Å²) in [6.07, 6.45) is 8.35. The van der Waals surface area contributed by atoms with Gasteiger partial charge in [-0.3, -0.25) is 9.89 Å². The minimum absolute atomic E-state index is 0.117. The monoisotopic (exact) mass is 266 g/mol. The molecular weight excluding hydrogens is 244 g/mol. The van der Waals surface area contributed by atoms with Crippen molar-refractivity contribution >= 4 is 5.91 Å². The molecule has 1 saturated heterocycles. The number of aromatic amines is 1. The zero-order valence-corrected chi connectivity index (χ0v) is 11.2. The SMILES string of the molecule is O=C(CCC1CCCCO1)NCCCc1ncn[nH]1. The Morgan fingerprint density at radius 3 is 3.21 bits per heavy atom. The van der Waals surface area contributed by atoms with Crippen molar-refractivity contribution in [1.29, 1.82) is 0 Å². The molecule has 1 aromatic heterocycles. The number of H-pyrrole nitrogens is 1. The molecule has 1 aliphatic heterocycles. The van der Waals surface area contributed by atoms with Gasteiger partial charge in [-0.25, -0.2) is 4.98 Å². The molecule has 1 aliphatic rings. The third-order valence-corrected chi connectivity index (χ3v) is 3.34. The first kappa shape index (κ1) is 14.0. The lowest BCUT2D eigenvalue weighted by Crippen LogP contribution is -2.27. The molecule has 2 rings (SSSR count). The number of carbonyl (C=O) groups excluding carboxylic acids is 1. The lowest BCUT2D eigenvalue weighted by atomic mass is 10.0. The topological polar surface area (TPSA) is 79.9 Å². The van der Waals surface area contributed by atoms with Gasteiger partial charge < -0.3 is 10.1 Å². The summed E-state index contributed by atoms with van der Waals surface area (Å²) in [7, 11) is 0. The van der Waals surface area contributed by atoms with Gasteiger partial charge in [-0.15, -0.1) is 0 Å². The van der Waals surface area contributed by atoms with Crippen LogP contribution in [0.25, 0.3) is 0 Å². The van der Waals surface area contributed by atoms with Crippen molar-refractivity contribution in [3.05, 3.63) is 12.2 Å². The van der Waals surface area contributed by atoms with Crippen LogP contribution in [0.3, 0.4) is 0 Å². The molecular formula is C13H22N4O2. The highest BCUT2D eigenvalue weighted by Crippen LogP contribution is 2.16. The van der Waals surface area contributed by atoms with Gasteiger partial charge in [0, 0.05) is 26.0 Å². The number of ether oxygens (including phenoxy) is 1. The molecule has 0 aromatic carbocycles. The van der Waals surface area contributed by atoms with Gasteiger partial charge >= 0.3 is 0 Å². The maximum Gasteiger partial charge on any atom is 0.220 e. The van der Waals surface area contributed by atoms with E-state index < -0.39 is 0 Å². The first-order valence-electron chi connectivity index (χ1n) is 7.07. The lowest BCUT2D eigenvalue weighted by molar-refractivity contribution is -0.122. The molecule has 0 aliphatic carbocycles. The number of nitrogens with one attached hydrogen (secondary N) is 2. The van der Waals surface area contributed by atoms with Crippen LogP contribution in [0.1, 0.15) is 44.3 Å². The van der Waals surface area contributed by atoms with Crippen LogP contribution in [0, 0.1) is 0 Å². The van der Waals surface area contributed by atoms with E-state index in [4.69, 9.17) is 4.74 Å². The molecule has 1 atom stereocenters. The summed E-state index contributed by atoms with van der Waals surface area (Å²) in [4.78, 5) is 15.7. The van der Waals surface area contributed by atoms with E-state index in [9.17, 15) is 4.79 Å². The second-order valence-electron chi connectivity index (χ2n) is 4.91. The average Bonchev–Trinajstić information content (AvgIpc) is 2.96. The summed E-state index contributed by atoms with van der Waals surface area (Å²) in [5.41, 5.74) is 0. The first-order chi connectivity index (χ1) is 9.34. The van der Waals surface area contributed by atoms with E-state index in [2.05, 4.69) is 20.5 Å². The fourth-order valence-electron chi connectivity index (χ4n) is 2.25. The minimum Gasteiger partial charge on any atom is -0.378 e. The molecule has 0 radical (unpaired) electrons. The fraction of sp³-hybridized carbons (Fsp3) is 0.769. The molecule has 1 unspecified atom stereocenters. The van der Waals surface area contributed by atoms with Gasteiger partial charge in [0.25, 0.3) is 0 Å². The minimum atomic E-state index is 0.117. The predicted octanol–water partition coefficient (Wildman–Crippen LogP) is 1.20. The van der Waals surface area contributed by atoms with Gasteiger partial charge in [0.15, 0.2) is 0 Å². The number of rotatable bonds is 7. The number of aromatic nitrogens is 3. The van der Waals surface area contributed by atoms with Gasteiger partial charge in [-0.1, -0.05) is 0 Å². The molecule has 6 heteroatoms. The van der Waals surface area contributed by atoms with E-state index >= 15 is 0 Å². The highest BCUT2D eigenvalue weighted by Gasteiger charge is 2.14. The smallest absolute Gasteiger partial charge is 0.220 e. The van der Waals surface area contributed by atoms with Crippen molar-refractivity contribution in [3.63, 3.8) is 0 Å². The van der Waals surface area contributed by atoms with Crippen LogP contribution in [-0.2, 0) is 16.0 Å². The zero-order valence-electron chi connectivity index (χ0n) is 11.2. The molecule has 0 spiro atoms. The lowest BCUT2D eigenvalue weighted by Gasteiger charge is -2.22. The van der Waals surface area contributed by atoms with Crippen LogP contribution in [0.2, 0.25) is 0 Å². The van der Waals surface area contributed by atoms with Crippen molar-refractivity contribution < 1.29 is 9.53 Å². The number of amides is 1. The molecule has 106 valence electrons. The number of hydrogen-bond donors (Lipinski definition) is 2. The number of aryl methyl sites for hydroxylation is 1. The summed E-state index contributed by atoms with van der Waals surface area (Å²) in [5, 5.41) is 9.51. The summed E-state index contributed by atoms with van der Waals surface area (Å²) in [5.74, 6) is 0.983. The van der Waals surface area contributed by atoms with Crippen LogP contribution in [-0.4, -0.2) is 40.3 Å². The second kappa shape index (κ2) is 7.89. The van der Waals surface area contributed by atoms with E-state index in [0.717, 1.165) is 44.5 Å². The van der Waals surface area contributed by atoms with Crippen molar-refractivity contribution in [2.24, 2.45) is 0 Å². The Hall–Kier alpha value is -1.43. The Bertz CT molecular complexity index is 361. The Morgan fingerprint density at radius 2 is 2.47 bits per heavy atom. The number of hydrogen-bond acceptors (Lipinski definition) is 4. The summed E-state index contributed by atoms with van der Waals surface area (Å²) >= 11 is 0. The fourth-order valence-corrected chi connectivity index (χ4v) is 2.25. The van der Waals surface area contributed by atoms with E-state index in [1.807, 2.05) is 0 Å². The van der Waals surface area contributed by atoms with Gasteiger partial charge in [0.1, 0.15) is 12.2 Å². The normalized spacial score (nSPS) is 19.3. The van der Waals surface area contributed by atoms with Crippen LogP contribution in [0.15, 0.2) is 6.33 Å². The largest absolute Gasteiger partial charge is 0.378 e. The van der Waals surface area contributed by atoms with Crippen molar-refractivity contribution in [3.8, 4) is 0 Å². The molecule has 19 heavy (non-hydrogen) atoms. The summed E-state index contributed by atoms with van der Waals surface area (Å²) in [6, 6.07) is 0. The standard InChI is InChI=1S/C13H22N4O2/c18-13(7-6-11-4-1-2-9-19-11)14-8-3-5-12-15-10-16-17-12/h10-11H,1-9H2,(H,14,18)(H,15,16,17). The summed E-state index contributed by atoms with van der Waals surface area (Å²) < 4.78 is 5.60. The number of nitrogens with zero attached hydrogens (tertiary/aromatic N) is 2. The molecule has 6 nitrogen and oxygen atoms in total. The highest BCUT2D eigenvalue weighted by atomic mass is 16.5.